The van der Waals surface area contributed by atoms with Crippen LogP contribution in [0.15, 0.2) is 60.9 Å². The fraction of sp³-hybridized carbons (Fsp3) is 0.154. The molecule has 0 saturated carbocycles. The fourth-order valence-electron chi connectivity index (χ4n) is 3.57. The van der Waals surface area contributed by atoms with E-state index < -0.39 is 0 Å². The lowest BCUT2D eigenvalue weighted by Crippen LogP contribution is -2.31. The van der Waals surface area contributed by atoms with Gasteiger partial charge in [0.1, 0.15) is 17.6 Å². The molecule has 0 aliphatic carbocycles. The molecule has 2 aromatic carbocycles. The molecule has 190 valence electrons. The third-order valence-electron chi connectivity index (χ3n) is 5.18. The van der Waals surface area contributed by atoms with Crippen molar-refractivity contribution in [3.8, 4) is 17.6 Å². The number of hydrogen-bond donors (Lipinski definition) is 2. The Bertz CT molecular complexity index is 1490. The molecule has 2 aromatic heterocycles. The first-order chi connectivity index (χ1) is 17.4. The van der Waals surface area contributed by atoms with E-state index >= 15 is 0 Å². The second kappa shape index (κ2) is 12.1. The average Bonchev–Trinajstić information content (AvgIpc) is 2.85. The predicted molar refractivity (Wildman–Crippen MR) is 144 cm³/mol. The van der Waals surface area contributed by atoms with E-state index in [-0.39, 0.29) is 24.9 Å². The molecule has 0 fully saturated rings. The van der Waals surface area contributed by atoms with Gasteiger partial charge in [0.05, 0.1) is 34.1 Å². The van der Waals surface area contributed by atoms with Crippen LogP contribution in [0.25, 0.3) is 10.9 Å². The number of carbonyl (C=O) groups is 1. The molecule has 0 aliphatic heterocycles. The maximum absolute atomic E-state index is 11.8. The quantitative estimate of drug-likeness (QED) is 0.224. The molecular weight excluding hydrogens is 517 g/mol. The number of amides is 1. The number of ether oxygens (including phenoxy) is 2. The van der Waals surface area contributed by atoms with Crippen LogP contribution in [0.1, 0.15) is 25.1 Å². The predicted octanol–water partition coefficient (Wildman–Crippen LogP) is 5.49. The number of halogens is 2. The summed E-state index contributed by atoms with van der Waals surface area (Å²) in [5.41, 5.74) is 2.90. The van der Waals surface area contributed by atoms with Crippen LogP contribution in [0.4, 0.5) is 17.1 Å². The van der Waals surface area contributed by atoms with Crippen LogP contribution in [0, 0.1) is 16.5 Å². The molecule has 4 aromatic rings. The molecule has 11 heteroatoms. The van der Waals surface area contributed by atoms with Crippen LogP contribution in [0.2, 0.25) is 5.02 Å². The number of rotatable bonds is 8. The van der Waals surface area contributed by atoms with Gasteiger partial charge in [0, 0.05) is 42.4 Å². The van der Waals surface area contributed by atoms with Crippen LogP contribution < -0.4 is 24.8 Å². The number of fused-ring (bicyclic) bond motifs is 1. The molecule has 0 saturated heterocycles. The van der Waals surface area contributed by atoms with Gasteiger partial charge in [0.25, 0.3) is 0 Å². The van der Waals surface area contributed by atoms with Crippen LogP contribution in [0.5, 0.6) is 11.5 Å². The number of pyridine rings is 2. The number of nitrogens with zero attached hydrogens (tertiary/aromatic N) is 3. The molecule has 0 aliphatic rings. The highest BCUT2D eigenvalue weighted by Crippen LogP contribution is 2.37. The van der Waals surface area contributed by atoms with Gasteiger partial charge in [-0.1, -0.05) is 11.6 Å². The van der Waals surface area contributed by atoms with Gasteiger partial charge in [-0.25, -0.2) is 0 Å². The number of aromatic nitrogens is 2. The van der Waals surface area contributed by atoms with Crippen molar-refractivity contribution in [3.63, 3.8) is 0 Å². The SMILES string of the molecule is CCOc1cc2ncc(C#N)c(Nc3ccc(OCc4cccc[n+]4[O-])c(Cl)c3)c2cc1NC(C)=O.Cl. The van der Waals surface area contributed by atoms with Gasteiger partial charge in [-0.2, -0.15) is 9.99 Å². The van der Waals surface area contributed by atoms with Gasteiger partial charge in [-0.3, -0.25) is 9.78 Å². The molecule has 0 spiro atoms. The minimum absolute atomic E-state index is 0. The highest BCUT2D eigenvalue weighted by atomic mass is 35.5. The number of hydrogen-bond acceptors (Lipinski definition) is 7. The Hall–Kier alpha value is -4.26. The first-order valence-electron chi connectivity index (χ1n) is 11.0. The molecule has 0 radical (unpaired) electrons. The minimum atomic E-state index is -0.255. The maximum atomic E-state index is 11.8. The third-order valence-corrected chi connectivity index (χ3v) is 5.48. The van der Waals surface area contributed by atoms with Crippen molar-refractivity contribution in [1.29, 1.82) is 5.26 Å². The van der Waals surface area contributed by atoms with Gasteiger partial charge in [0.15, 0.2) is 12.8 Å². The topological polar surface area (TPSA) is 123 Å². The van der Waals surface area contributed by atoms with Crippen molar-refractivity contribution in [2.45, 2.75) is 20.5 Å². The summed E-state index contributed by atoms with van der Waals surface area (Å²) >= 11 is 6.44. The van der Waals surface area contributed by atoms with Gasteiger partial charge in [-0.05, 0) is 37.3 Å². The van der Waals surface area contributed by atoms with E-state index in [9.17, 15) is 15.3 Å². The second-order valence-corrected chi connectivity index (χ2v) is 8.12. The summed E-state index contributed by atoms with van der Waals surface area (Å²) in [6, 6.07) is 15.7. The number of benzene rings is 2. The van der Waals surface area contributed by atoms with Crippen molar-refractivity contribution in [1.82, 2.24) is 4.98 Å². The largest absolute Gasteiger partial charge is 0.618 e. The zero-order chi connectivity index (χ0) is 25.7. The summed E-state index contributed by atoms with van der Waals surface area (Å²) in [6.07, 6.45) is 2.86. The molecule has 2 N–H and O–H groups in total. The Morgan fingerprint density at radius 2 is 2.00 bits per heavy atom. The third kappa shape index (κ3) is 6.30. The number of nitriles is 1. The lowest BCUT2D eigenvalue weighted by molar-refractivity contribution is -0.616. The lowest BCUT2D eigenvalue weighted by atomic mass is 10.1. The molecule has 9 nitrogen and oxygen atoms in total. The summed E-state index contributed by atoms with van der Waals surface area (Å²) in [5.74, 6) is 0.626. The Kier molecular flexibility index (Phi) is 8.95. The van der Waals surface area contributed by atoms with Gasteiger partial charge in [-0.15, -0.1) is 12.4 Å². The summed E-state index contributed by atoms with van der Waals surface area (Å²) in [5, 5.41) is 28.5. The zero-order valence-electron chi connectivity index (χ0n) is 19.9. The first kappa shape index (κ1) is 27.3. The van der Waals surface area contributed by atoms with E-state index in [2.05, 4.69) is 21.7 Å². The Morgan fingerprint density at radius 1 is 1.19 bits per heavy atom. The average molecular weight is 540 g/mol. The second-order valence-electron chi connectivity index (χ2n) is 7.72. The van der Waals surface area contributed by atoms with Crippen LogP contribution in [0.3, 0.4) is 0 Å². The number of anilines is 3. The van der Waals surface area contributed by atoms with Crippen molar-refractivity contribution in [2.24, 2.45) is 0 Å². The first-order valence-corrected chi connectivity index (χ1v) is 11.4. The summed E-state index contributed by atoms with van der Waals surface area (Å²) in [4.78, 5) is 16.1. The van der Waals surface area contributed by atoms with Crippen molar-refractivity contribution in [2.75, 3.05) is 17.2 Å². The van der Waals surface area contributed by atoms with Crippen LogP contribution >= 0.6 is 24.0 Å². The Balaban J connectivity index is 0.00000380. The lowest BCUT2D eigenvalue weighted by Gasteiger charge is -2.16. The number of carbonyl (C=O) groups excluding carboxylic acids is 1. The summed E-state index contributed by atoms with van der Waals surface area (Å²) in [6.45, 7) is 3.71. The summed E-state index contributed by atoms with van der Waals surface area (Å²) < 4.78 is 12.1. The standard InChI is InChI=1S/C26H22ClN5O4.ClH/c1-3-35-25-12-22-20(11-23(25)30-16(2)33)26(17(13-28)14-29-22)31-18-7-8-24(21(27)10-18)36-15-19-6-4-5-9-32(19)34;/h4-12,14H,3,15H2,1-2H3,(H,29,31)(H,30,33);1H. The molecular formula is C26H23Cl2N5O4. The van der Waals surface area contributed by atoms with Crippen LogP contribution in [-0.4, -0.2) is 17.5 Å². The van der Waals surface area contributed by atoms with E-state index in [1.54, 1.807) is 48.5 Å². The van der Waals surface area contributed by atoms with Gasteiger partial charge < -0.3 is 25.3 Å². The van der Waals surface area contributed by atoms with Gasteiger partial charge >= 0.3 is 0 Å². The van der Waals surface area contributed by atoms with Crippen molar-refractivity contribution >= 4 is 57.9 Å². The maximum Gasteiger partial charge on any atom is 0.230 e. The highest BCUT2D eigenvalue weighted by Gasteiger charge is 2.16. The molecule has 2 heterocycles. The molecule has 0 unspecified atom stereocenters. The molecule has 1 amide bonds. The molecule has 0 atom stereocenters. The minimum Gasteiger partial charge on any atom is -0.618 e. The Morgan fingerprint density at radius 3 is 2.68 bits per heavy atom. The van der Waals surface area contributed by atoms with E-state index in [0.717, 1.165) is 4.73 Å². The molecule has 4 rings (SSSR count). The summed E-state index contributed by atoms with van der Waals surface area (Å²) in [7, 11) is 0. The van der Waals surface area contributed by atoms with E-state index in [4.69, 9.17) is 21.1 Å². The normalized spacial score (nSPS) is 10.2. The van der Waals surface area contributed by atoms with Crippen molar-refractivity contribution < 1.29 is 19.0 Å². The van der Waals surface area contributed by atoms with Crippen LogP contribution in [-0.2, 0) is 11.4 Å². The monoisotopic (exact) mass is 539 g/mol. The highest BCUT2D eigenvalue weighted by molar-refractivity contribution is 6.32. The van der Waals surface area contributed by atoms with E-state index in [1.807, 2.05) is 6.92 Å². The molecule has 0 bridgehead atoms. The molecule has 37 heavy (non-hydrogen) atoms. The van der Waals surface area contributed by atoms with Gasteiger partial charge in [0.2, 0.25) is 11.6 Å². The van der Waals surface area contributed by atoms with E-state index in [0.29, 0.717) is 62.4 Å². The Labute approximate surface area is 224 Å². The number of nitrogens with one attached hydrogen (secondary N) is 2. The van der Waals surface area contributed by atoms with E-state index in [1.165, 1.54) is 19.3 Å². The fourth-order valence-corrected chi connectivity index (χ4v) is 3.80. The van der Waals surface area contributed by atoms with Crippen molar-refractivity contribution in [3.05, 3.63) is 82.4 Å². The smallest absolute Gasteiger partial charge is 0.230 e. The zero-order valence-corrected chi connectivity index (χ0v) is 21.5.